The summed E-state index contributed by atoms with van der Waals surface area (Å²) in [6.07, 6.45) is 0.754. The van der Waals surface area contributed by atoms with Gasteiger partial charge in [0, 0.05) is 35.2 Å². The van der Waals surface area contributed by atoms with Crippen LogP contribution < -0.4 is 11.1 Å². The largest absolute Gasteiger partial charge is 0.352 e. The molecule has 0 atom stereocenters. The maximum absolute atomic E-state index is 12.0. The van der Waals surface area contributed by atoms with Gasteiger partial charge in [-0.05, 0) is 31.2 Å². The summed E-state index contributed by atoms with van der Waals surface area (Å²) < 4.78 is 0. The molecule has 1 aromatic heterocycles. The van der Waals surface area contributed by atoms with Crippen molar-refractivity contribution in [1.29, 1.82) is 0 Å². The van der Waals surface area contributed by atoms with E-state index in [2.05, 4.69) is 22.1 Å². The molecule has 0 fully saturated rings. The van der Waals surface area contributed by atoms with E-state index in [4.69, 9.17) is 5.73 Å². The summed E-state index contributed by atoms with van der Waals surface area (Å²) in [7, 11) is 0. The van der Waals surface area contributed by atoms with E-state index >= 15 is 0 Å². The Balaban J connectivity index is 1.85. The highest BCUT2D eigenvalue weighted by Crippen LogP contribution is 2.09. The molecule has 21 heavy (non-hydrogen) atoms. The molecule has 1 amide bonds. The van der Waals surface area contributed by atoms with Crippen LogP contribution in [0.3, 0.4) is 0 Å². The number of aryl methyl sites for hydroxylation is 1. The third-order valence-electron chi connectivity index (χ3n) is 2.77. The molecule has 0 saturated heterocycles. The van der Waals surface area contributed by atoms with Gasteiger partial charge in [0.25, 0.3) is 5.91 Å². The molecule has 2 aromatic rings. The first-order valence-corrected chi connectivity index (χ1v) is 7.55. The number of hydrogen-bond acceptors (Lipinski definition) is 4. The van der Waals surface area contributed by atoms with Crippen molar-refractivity contribution in [2.45, 2.75) is 13.3 Å². The molecule has 0 radical (unpaired) electrons. The lowest BCUT2D eigenvalue weighted by Crippen LogP contribution is -2.25. The molecule has 0 saturated carbocycles. The molecule has 0 unspecified atom stereocenters. The fourth-order valence-electron chi connectivity index (χ4n) is 1.76. The second-order valence-electron chi connectivity index (χ2n) is 4.47. The van der Waals surface area contributed by atoms with Crippen molar-refractivity contribution in [1.82, 2.24) is 10.3 Å². The van der Waals surface area contributed by atoms with E-state index in [1.807, 2.05) is 24.4 Å². The average molecular weight is 299 g/mol. The smallest absolute Gasteiger partial charge is 0.251 e. The zero-order valence-corrected chi connectivity index (χ0v) is 12.7. The Hall–Kier alpha value is -2.16. The molecule has 0 aliphatic heterocycles. The minimum absolute atomic E-state index is 0.0818. The molecule has 3 N–H and O–H groups in total. The third kappa shape index (κ3) is 4.71. The minimum Gasteiger partial charge on any atom is -0.352 e. The highest BCUT2D eigenvalue weighted by molar-refractivity contribution is 7.09. The number of thiazole rings is 1. The van der Waals surface area contributed by atoms with Crippen LogP contribution in [-0.2, 0) is 6.42 Å². The van der Waals surface area contributed by atoms with Crippen LogP contribution in [0.2, 0.25) is 0 Å². The van der Waals surface area contributed by atoms with Crippen molar-refractivity contribution in [2.75, 3.05) is 13.1 Å². The van der Waals surface area contributed by atoms with Crippen molar-refractivity contribution in [2.24, 2.45) is 5.73 Å². The number of nitrogens with one attached hydrogen (secondary N) is 1. The number of amides is 1. The van der Waals surface area contributed by atoms with E-state index < -0.39 is 0 Å². The predicted octanol–water partition coefficient (Wildman–Crippen LogP) is 1.73. The molecule has 108 valence electrons. The Labute approximate surface area is 128 Å². The molecule has 0 aliphatic rings. The average Bonchev–Trinajstić information content (AvgIpc) is 2.91. The van der Waals surface area contributed by atoms with Gasteiger partial charge in [0.05, 0.1) is 11.6 Å². The molecular formula is C16H17N3OS. The lowest BCUT2D eigenvalue weighted by Gasteiger charge is -2.04. The number of nitrogens with zero attached hydrogens (tertiary/aromatic N) is 1. The van der Waals surface area contributed by atoms with Gasteiger partial charge in [-0.25, -0.2) is 4.98 Å². The number of carbonyl (C=O) groups excluding carboxylic acids is 1. The molecular weight excluding hydrogens is 282 g/mol. The first kappa shape index (κ1) is 15.2. The summed E-state index contributed by atoms with van der Waals surface area (Å²) in [6.45, 7) is 2.88. The summed E-state index contributed by atoms with van der Waals surface area (Å²) in [4.78, 5) is 16.3. The van der Waals surface area contributed by atoms with E-state index in [0.717, 1.165) is 22.7 Å². The van der Waals surface area contributed by atoms with Gasteiger partial charge in [-0.1, -0.05) is 11.8 Å². The molecule has 4 nitrogen and oxygen atoms in total. The van der Waals surface area contributed by atoms with Crippen LogP contribution in [0.15, 0.2) is 29.6 Å². The summed E-state index contributed by atoms with van der Waals surface area (Å²) in [5.74, 6) is 5.62. The Kier molecular flexibility index (Phi) is 5.50. The van der Waals surface area contributed by atoms with E-state index in [9.17, 15) is 4.79 Å². The van der Waals surface area contributed by atoms with Crippen LogP contribution in [0.5, 0.6) is 0 Å². The zero-order valence-electron chi connectivity index (χ0n) is 11.8. The first-order valence-electron chi connectivity index (χ1n) is 6.67. The van der Waals surface area contributed by atoms with Gasteiger partial charge in [0.15, 0.2) is 0 Å². The number of aromatic nitrogens is 1. The van der Waals surface area contributed by atoms with Gasteiger partial charge in [-0.2, -0.15) is 0 Å². The number of benzene rings is 1. The number of carbonyl (C=O) groups is 1. The van der Waals surface area contributed by atoms with Gasteiger partial charge in [-0.3, -0.25) is 4.79 Å². The summed E-state index contributed by atoms with van der Waals surface area (Å²) in [5.41, 5.74) is 7.83. The molecule has 1 aromatic carbocycles. The van der Waals surface area contributed by atoms with Gasteiger partial charge < -0.3 is 11.1 Å². The Bertz CT molecular complexity index is 665. The predicted molar refractivity (Wildman–Crippen MR) is 85.3 cm³/mol. The fraction of sp³-hybridized carbons (Fsp3) is 0.250. The highest BCUT2D eigenvalue weighted by atomic mass is 32.1. The van der Waals surface area contributed by atoms with Crippen molar-refractivity contribution in [3.8, 4) is 11.8 Å². The molecule has 1 heterocycles. The van der Waals surface area contributed by atoms with Crippen molar-refractivity contribution in [3.05, 3.63) is 51.5 Å². The Morgan fingerprint density at radius 3 is 2.76 bits per heavy atom. The minimum atomic E-state index is -0.0818. The third-order valence-corrected chi connectivity index (χ3v) is 3.80. The molecule has 0 aliphatic carbocycles. The van der Waals surface area contributed by atoms with Gasteiger partial charge in [-0.15, -0.1) is 11.3 Å². The van der Waals surface area contributed by atoms with E-state index in [1.165, 1.54) is 0 Å². The second-order valence-corrected chi connectivity index (χ2v) is 5.41. The van der Waals surface area contributed by atoms with Crippen LogP contribution in [0.4, 0.5) is 0 Å². The van der Waals surface area contributed by atoms with Crippen molar-refractivity contribution in [3.63, 3.8) is 0 Å². The Morgan fingerprint density at radius 2 is 2.14 bits per heavy atom. The van der Waals surface area contributed by atoms with Crippen LogP contribution in [0.25, 0.3) is 0 Å². The van der Waals surface area contributed by atoms with Gasteiger partial charge >= 0.3 is 0 Å². The molecule has 2 rings (SSSR count). The monoisotopic (exact) mass is 299 g/mol. The maximum atomic E-state index is 12.0. The summed E-state index contributed by atoms with van der Waals surface area (Å²) in [6, 6.07) is 7.18. The standard InChI is InChI=1S/C16H17N3OS/c1-12-11-21-15(19-12)8-10-18-16(20)14-6-4-13(5-7-14)3-2-9-17/h4-7,11H,8-10,17H2,1H3,(H,18,20). The number of rotatable bonds is 4. The van der Waals surface area contributed by atoms with E-state index in [-0.39, 0.29) is 5.91 Å². The van der Waals surface area contributed by atoms with Crippen molar-refractivity contribution >= 4 is 17.2 Å². The number of hydrogen-bond donors (Lipinski definition) is 2. The topological polar surface area (TPSA) is 68.0 Å². The van der Waals surface area contributed by atoms with Crippen molar-refractivity contribution < 1.29 is 4.79 Å². The maximum Gasteiger partial charge on any atom is 0.251 e. The molecule has 5 heteroatoms. The molecule has 0 spiro atoms. The fourth-order valence-corrected chi connectivity index (χ4v) is 2.54. The lowest BCUT2D eigenvalue weighted by atomic mass is 10.1. The normalized spacial score (nSPS) is 9.81. The Morgan fingerprint density at radius 1 is 1.38 bits per heavy atom. The van der Waals surface area contributed by atoms with E-state index in [1.54, 1.807) is 23.5 Å². The van der Waals surface area contributed by atoms with Gasteiger partial charge in [0.1, 0.15) is 0 Å². The zero-order chi connectivity index (χ0) is 15.1. The van der Waals surface area contributed by atoms with Gasteiger partial charge in [0.2, 0.25) is 0 Å². The second kappa shape index (κ2) is 7.58. The van der Waals surface area contributed by atoms with Crippen LogP contribution in [0, 0.1) is 18.8 Å². The van der Waals surface area contributed by atoms with E-state index in [0.29, 0.717) is 18.7 Å². The highest BCUT2D eigenvalue weighted by Gasteiger charge is 2.05. The van der Waals surface area contributed by atoms with Crippen LogP contribution in [-0.4, -0.2) is 24.0 Å². The number of nitrogens with two attached hydrogens (primary N) is 1. The SMILES string of the molecule is Cc1csc(CCNC(=O)c2ccc(C#CCN)cc2)n1. The lowest BCUT2D eigenvalue weighted by molar-refractivity contribution is 0.0954. The quantitative estimate of drug-likeness (QED) is 0.845. The summed E-state index contributed by atoms with van der Waals surface area (Å²) in [5, 5.41) is 5.95. The molecule has 0 bridgehead atoms. The van der Waals surface area contributed by atoms with Crippen LogP contribution in [0.1, 0.15) is 26.6 Å². The summed E-state index contributed by atoms with van der Waals surface area (Å²) >= 11 is 1.62. The van der Waals surface area contributed by atoms with Crippen LogP contribution >= 0.6 is 11.3 Å². The first-order chi connectivity index (χ1) is 10.2.